The van der Waals surface area contributed by atoms with E-state index in [9.17, 15) is 23.3 Å². The Labute approximate surface area is 146 Å². The molecule has 1 aromatic rings. The topological polar surface area (TPSA) is 125 Å². The number of hydrogen-bond acceptors (Lipinski definition) is 6. The van der Waals surface area contributed by atoms with Gasteiger partial charge in [0.25, 0.3) is 5.91 Å². The molecule has 8 nitrogen and oxygen atoms in total. The van der Waals surface area contributed by atoms with Gasteiger partial charge in [0.05, 0.1) is 16.5 Å². The molecule has 0 bridgehead atoms. The van der Waals surface area contributed by atoms with Gasteiger partial charge < -0.3 is 10.1 Å². The van der Waals surface area contributed by atoms with Crippen LogP contribution in [0.15, 0.2) is 29.2 Å². The standard InChI is InChI=1S/C16H19N3O5S/c1-18-25(22,23)13-6-4-5-12(9-13)15(21)24-10-14(20)19-16(11-17)7-2-3-8-16/h4-6,9,18H,2-3,7-8,10H2,1H3,(H,19,20). The van der Waals surface area contributed by atoms with Crippen molar-refractivity contribution in [1.82, 2.24) is 10.0 Å². The van der Waals surface area contributed by atoms with E-state index in [2.05, 4.69) is 16.1 Å². The molecule has 1 aromatic carbocycles. The summed E-state index contributed by atoms with van der Waals surface area (Å²) in [5.41, 5.74) is -0.871. The molecule has 0 spiro atoms. The Bertz CT molecular complexity index is 807. The first kappa shape index (κ1) is 18.9. The van der Waals surface area contributed by atoms with Crippen LogP contribution in [0.3, 0.4) is 0 Å². The van der Waals surface area contributed by atoms with Crippen molar-refractivity contribution in [1.29, 1.82) is 5.26 Å². The van der Waals surface area contributed by atoms with Gasteiger partial charge in [0.2, 0.25) is 10.0 Å². The van der Waals surface area contributed by atoms with Crippen LogP contribution >= 0.6 is 0 Å². The quantitative estimate of drug-likeness (QED) is 0.715. The molecule has 2 rings (SSSR count). The van der Waals surface area contributed by atoms with E-state index in [1.807, 2.05) is 0 Å². The van der Waals surface area contributed by atoms with Crippen molar-refractivity contribution in [3.63, 3.8) is 0 Å². The van der Waals surface area contributed by atoms with Crippen molar-refractivity contribution in [2.24, 2.45) is 0 Å². The van der Waals surface area contributed by atoms with Crippen molar-refractivity contribution in [3.8, 4) is 6.07 Å². The van der Waals surface area contributed by atoms with Crippen LogP contribution in [0.4, 0.5) is 0 Å². The number of sulfonamides is 1. The molecule has 25 heavy (non-hydrogen) atoms. The van der Waals surface area contributed by atoms with Crippen LogP contribution in [0.1, 0.15) is 36.0 Å². The van der Waals surface area contributed by atoms with E-state index >= 15 is 0 Å². The van der Waals surface area contributed by atoms with Gasteiger partial charge in [-0.15, -0.1) is 0 Å². The molecular formula is C16H19N3O5S. The summed E-state index contributed by atoms with van der Waals surface area (Å²) in [7, 11) is -2.42. The van der Waals surface area contributed by atoms with E-state index < -0.39 is 34.0 Å². The first-order chi connectivity index (χ1) is 11.8. The molecule has 1 saturated carbocycles. The Morgan fingerprint density at radius 2 is 2.00 bits per heavy atom. The third-order valence-corrected chi connectivity index (χ3v) is 5.44. The summed E-state index contributed by atoms with van der Waals surface area (Å²) < 4.78 is 30.6. The van der Waals surface area contributed by atoms with Crippen LogP contribution in [-0.2, 0) is 19.6 Å². The minimum atomic E-state index is -3.69. The fraction of sp³-hybridized carbons (Fsp3) is 0.438. The maximum atomic E-state index is 12.0. The Kier molecular flexibility index (Phi) is 5.77. The number of esters is 1. The molecule has 1 aliphatic carbocycles. The van der Waals surface area contributed by atoms with Crippen molar-refractivity contribution in [3.05, 3.63) is 29.8 Å². The van der Waals surface area contributed by atoms with E-state index in [-0.39, 0.29) is 10.5 Å². The molecule has 1 aliphatic rings. The zero-order chi connectivity index (χ0) is 18.5. The second-order valence-electron chi connectivity index (χ2n) is 5.76. The Balaban J connectivity index is 1.98. The second kappa shape index (κ2) is 7.63. The van der Waals surface area contributed by atoms with Gasteiger partial charge in [-0.3, -0.25) is 4.79 Å². The van der Waals surface area contributed by atoms with Gasteiger partial charge in [-0.05, 0) is 50.9 Å². The van der Waals surface area contributed by atoms with Crippen LogP contribution in [0.25, 0.3) is 0 Å². The van der Waals surface area contributed by atoms with Crippen LogP contribution in [0, 0.1) is 11.3 Å². The number of amides is 1. The first-order valence-electron chi connectivity index (χ1n) is 7.75. The Morgan fingerprint density at radius 3 is 2.60 bits per heavy atom. The van der Waals surface area contributed by atoms with Crippen molar-refractivity contribution in [2.45, 2.75) is 36.1 Å². The molecule has 0 heterocycles. The summed E-state index contributed by atoms with van der Waals surface area (Å²) in [6, 6.07) is 7.42. The summed E-state index contributed by atoms with van der Waals surface area (Å²) in [6.07, 6.45) is 2.88. The lowest BCUT2D eigenvalue weighted by Crippen LogP contribution is -2.46. The largest absolute Gasteiger partial charge is 0.452 e. The molecule has 1 amide bonds. The van der Waals surface area contributed by atoms with Crippen molar-refractivity contribution in [2.75, 3.05) is 13.7 Å². The number of rotatable bonds is 6. The van der Waals surface area contributed by atoms with Gasteiger partial charge in [0, 0.05) is 0 Å². The van der Waals surface area contributed by atoms with Crippen LogP contribution in [0.2, 0.25) is 0 Å². The molecule has 9 heteroatoms. The second-order valence-corrected chi connectivity index (χ2v) is 7.65. The molecule has 1 fully saturated rings. The highest BCUT2D eigenvalue weighted by molar-refractivity contribution is 7.89. The smallest absolute Gasteiger partial charge is 0.338 e. The van der Waals surface area contributed by atoms with Crippen molar-refractivity contribution < 1.29 is 22.7 Å². The van der Waals surface area contributed by atoms with Crippen LogP contribution in [-0.4, -0.2) is 39.5 Å². The number of benzene rings is 1. The number of carbonyl (C=O) groups excluding carboxylic acids is 2. The minimum absolute atomic E-state index is 0.0139. The Morgan fingerprint density at radius 1 is 1.32 bits per heavy atom. The molecule has 134 valence electrons. The lowest BCUT2D eigenvalue weighted by molar-refractivity contribution is -0.125. The van der Waals surface area contributed by atoms with Gasteiger partial charge in [0.15, 0.2) is 6.61 Å². The summed E-state index contributed by atoms with van der Waals surface area (Å²) in [6.45, 7) is -0.536. The number of nitriles is 1. The number of nitrogens with zero attached hydrogens (tertiary/aromatic N) is 1. The normalized spacial score (nSPS) is 16.0. The highest BCUT2D eigenvalue weighted by Crippen LogP contribution is 2.28. The van der Waals surface area contributed by atoms with Gasteiger partial charge in [-0.2, -0.15) is 5.26 Å². The Hall–Kier alpha value is -2.44. The SMILES string of the molecule is CNS(=O)(=O)c1cccc(C(=O)OCC(=O)NC2(C#N)CCCC2)c1. The number of hydrogen-bond donors (Lipinski definition) is 2. The third-order valence-electron chi connectivity index (χ3n) is 4.03. The van der Waals surface area contributed by atoms with E-state index in [1.165, 1.54) is 31.3 Å². The molecular weight excluding hydrogens is 346 g/mol. The monoisotopic (exact) mass is 365 g/mol. The molecule has 0 aliphatic heterocycles. The number of ether oxygens (including phenoxy) is 1. The fourth-order valence-corrected chi connectivity index (χ4v) is 3.44. The molecule has 0 unspecified atom stereocenters. The van der Waals surface area contributed by atoms with Gasteiger partial charge >= 0.3 is 5.97 Å². The molecule has 0 saturated heterocycles. The maximum absolute atomic E-state index is 12.0. The van der Waals surface area contributed by atoms with E-state index in [0.29, 0.717) is 12.8 Å². The third kappa shape index (κ3) is 4.55. The first-order valence-corrected chi connectivity index (χ1v) is 9.23. The molecule has 0 radical (unpaired) electrons. The number of carbonyl (C=O) groups is 2. The van der Waals surface area contributed by atoms with E-state index in [0.717, 1.165) is 12.8 Å². The van der Waals surface area contributed by atoms with Crippen LogP contribution in [0.5, 0.6) is 0 Å². The molecule has 0 aromatic heterocycles. The lowest BCUT2D eigenvalue weighted by atomic mass is 10.00. The summed E-state index contributed by atoms with van der Waals surface area (Å²) in [5, 5.41) is 11.8. The van der Waals surface area contributed by atoms with Crippen molar-refractivity contribution >= 4 is 21.9 Å². The predicted molar refractivity (Wildman–Crippen MR) is 87.9 cm³/mol. The minimum Gasteiger partial charge on any atom is -0.452 e. The van der Waals surface area contributed by atoms with Gasteiger partial charge in [0.1, 0.15) is 5.54 Å². The summed E-state index contributed by atoms with van der Waals surface area (Å²) >= 11 is 0. The van der Waals surface area contributed by atoms with Crippen LogP contribution < -0.4 is 10.0 Å². The predicted octanol–water partition coefficient (Wildman–Crippen LogP) is 0.704. The highest BCUT2D eigenvalue weighted by atomic mass is 32.2. The molecule has 2 N–H and O–H groups in total. The van der Waals surface area contributed by atoms with Gasteiger partial charge in [-0.25, -0.2) is 17.9 Å². The van der Waals surface area contributed by atoms with Gasteiger partial charge in [-0.1, -0.05) is 6.07 Å². The molecule has 0 atom stereocenters. The average Bonchev–Trinajstić information content (AvgIpc) is 3.08. The zero-order valence-corrected chi connectivity index (χ0v) is 14.6. The maximum Gasteiger partial charge on any atom is 0.338 e. The highest BCUT2D eigenvalue weighted by Gasteiger charge is 2.35. The fourth-order valence-electron chi connectivity index (χ4n) is 2.67. The zero-order valence-electron chi connectivity index (χ0n) is 13.7. The van der Waals surface area contributed by atoms with E-state index in [4.69, 9.17) is 4.74 Å². The average molecular weight is 365 g/mol. The lowest BCUT2D eigenvalue weighted by Gasteiger charge is -2.21. The summed E-state index contributed by atoms with van der Waals surface area (Å²) in [5.74, 6) is -1.38. The van der Waals surface area contributed by atoms with E-state index in [1.54, 1.807) is 0 Å². The number of nitrogens with one attached hydrogen (secondary N) is 2. The summed E-state index contributed by atoms with van der Waals surface area (Å²) in [4.78, 5) is 23.9.